The van der Waals surface area contributed by atoms with Crippen molar-refractivity contribution in [2.24, 2.45) is 0 Å². The number of para-hydroxylation sites is 8. The van der Waals surface area contributed by atoms with Gasteiger partial charge >= 0.3 is 0 Å². The third-order valence-electron chi connectivity index (χ3n) is 23.0. The molecule has 2 aliphatic carbocycles. The predicted octanol–water partition coefficient (Wildman–Crippen LogP) is 20.2. The molecule has 2 aromatic heterocycles. The lowest BCUT2D eigenvalue weighted by atomic mass is 9.35. The van der Waals surface area contributed by atoms with E-state index in [9.17, 15) is 0 Å². The molecule has 0 fully saturated rings. The quantitative estimate of drug-likeness (QED) is 0.141. The highest BCUT2D eigenvalue weighted by molar-refractivity contribution is 6.99. The Morgan fingerprint density at radius 2 is 0.544 bits per heavy atom. The summed E-state index contributed by atoms with van der Waals surface area (Å²) in [5.41, 5.74) is 35.6. The topological polar surface area (TPSA) is 16.3 Å². The summed E-state index contributed by atoms with van der Waals surface area (Å²) in [6, 6.07) is 142. The van der Waals surface area contributed by atoms with Crippen molar-refractivity contribution in [1.29, 1.82) is 0 Å². The molecule has 0 radical (unpaired) electrons. The number of aromatic nitrogens is 2. The van der Waals surface area contributed by atoms with E-state index in [4.69, 9.17) is 0 Å². The van der Waals surface area contributed by atoms with Crippen LogP contribution >= 0.6 is 0 Å². The van der Waals surface area contributed by atoms with Crippen LogP contribution in [0.5, 0.6) is 0 Å². The molecule has 0 unspecified atom stereocenters. The van der Waals surface area contributed by atoms with Crippen LogP contribution in [0.25, 0.3) is 99.5 Å². The van der Waals surface area contributed by atoms with Gasteiger partial charge in [0, 0.05) is 78.2 Å². The van der Waals surface area contributed by atoms with Gasteiger partial charge in [-0.2, -0.15) is 0 Å². The summed E-state index contributed by atoms with van der Waals surface area (Å²) in [4.78, 5) is 5.22. The van der Waals surface area contributed by atoms with Crippen LogP contribution in [0, 0.1) is 0 Å². The van der Waals surface area contributed by atoms with Crippen molar-refractivity contribution in [2.45, 2.75) is 5.41 Å². The molecule has 476 valence electrons. The number of hydrogen-bond acceptors (Lipinski definition) is 2. The second kappa shape index (κ2) is 22.4. The lowest BCUT2D eigenvalue weighted by molar-refractivity contribution is 0.794. The van der Waals surface area contributed by atoms with E-state index in [1.807, 2.05) is 0 Å². The first-order valence-electron chi connectivity index (χ1n) is 36.0. The van der Waals surface area contributed by atoms with Crippen molar-refractivity contribution in [3.8, 4) is 55.9 Å². The summed E-state index contributed by atoms with van der Waals surface area (Å²) in [6.07, 6.45) is 0. The third-order valence-corrected chi connectivity index (χ3v) is 23.0. The van der Waals surface area contributed by atoms with Gasteiger partial charge in [0.15, 0.2) is 0 Å². The Bertz CT molecular complexity index is 6110. The zero-order valence-corrected chi connectivity index (χ0v) is 56.2. The molecule has 1 spiro atoms. The van der Waals surface area contributed by atoms with Crippen LogP contribution in [-0.2, 0) is 5.41 Å². The molecule has 0 bridgehead atoms. The Morgan fingerprint density at radius 1 is 0.223 bits per heavy atom. The van der Waals surface area contributed by atoms with Crippen molar-refractivity contribution in [3.05, 3.63) is 398 Å². The van der Waals surface area contributed by atoms with Crippen molar-refractivity contribution in [3.63, 3.8) is 0 Å². The van der Waals surface area contributed by atoms with Crippen LogP contribution in [0.3, 0.4) is 0 Å². The zero-order valence-electron chi connectivity index (χ0n) is 56.2. The number of anilines is 6. The Hall–Kier alpha value is -13.2. The van der Waals surface area contributed by atoms with Crippen molar-refractivity contribution in [2.75, 3.05) is 9.80 Å². The average molecular weight is 1310 g/mol. The van der Waals surface area contributed by atoms with Gasteiger partial charge in [0.1, 0.15) is 0 Å². The maximum Gasteiger partial charge on any atom is 0.246 e. The van der Waals surface area contributed by atoms with Crippen molar-refractivity contribution < 1.29 is 0 Å². The molecule has 4 aliphatic rings. The molecule has 16 aromatic carbocycles. The summed E-state index contributed by atoms with van der Waals surface area (Å²) in [5.74, 6) is 0. The molecule has 18 aromatic rings. The van der Waals surface area contributed by atoms with Gasteiger partial charge in [-0.3, -0.25) is 0 Å². The average Bonchev–Trinajstić information content (AvgIpc) is 1.49. The maximum atomic E-state index is 2.61. The molecule has 0 saturated heterocycles. The van der Waals surface area contributed by atoms with Crippen LogP contribution in [0.4, 0.5) is 34.1 Å². The first-order valence-corrected chi connectivity index (χ1v) is 36.0. The van der Waals surface area contributed by atoms with E-state index >= 15 is 0 Å². The number of hydrogen-bond donors (Lipinski definition) is 0. The fourth-order valence-corrected chi connectivity index (χ4v) is 18.9. The van der Waals surface area contributed by atoms with Gasteiger partial charge < -0.3 is 18.9 Å². The highest BCUT2D eigenvalue weighted by Crippen LogP contribution is 2.67. The van der Waals surface area contributed by atoms with Gasteiger partial charge in [0.25, 0.3) is 0 Å². The highest BCUT2D eigenvalue weighted by atomic mass is 15.2. The Balaban J connectivity index is 0.867. The van der Waals surface area contributed by atoms with Gasteiger partial charge in [0.2, 0.25) is 13.4 Å². The van der Waals surface area contributed by atoms with Crippen molar-refractivity contribution in [1.82, 2.24) is 9.13 Å². The molecule has 0 saturated carbocycles. The second-order valence-electron chi connectivity index (χ2n) is 28.1. The minimum atomic E-state index is -0.820. The summed E-state index contributed by atoms with van der Waals surface area (Å²) >= 11 is 0. The van der Waals surface area contributed by atoms with Gasteiger partial charge in [-0.1, -0.05) is 278 Å². The van der Waals surface area contributed by atoms with E-state index in [0.29, 0.717) is 0 Å². The second-order valence-corrected chi connectivity index (χ2v) is 28.1. The first-order chi connectivity index (χ1) is 51.2. The van der Waals surface area contributed by atoms with Gasteiger partial charge in [-0.15, -0.1) is 0 Å². The fourth-order valence-electron chi connectivity index (χ4n) is 18.9. The summed E-state index contributed by atoms with van der Waals surface area (Å²) < 4.78 is 4.84. The van der Waals surface area contributed by atoms with Crippen LogP contribution in [0.2, 0.25) is 0 Å². The van der Waals surface area contributed by atoms with Crippen LogP contribution in [0.15, 0.2) is 376 Å². The monoisotopic (exact) mass is 1300 g/mol. The molecule has 6 heteroatoms. The van der Waals surface area contributed by atoms with E-state index in [2.05, 4.69) is 395 Å². The lowest BCUT2D eigenvalue weighted by Crippen LogP contribution is -2.57. The molecular formula is C97H62B2N4. The van der Waals surface area contributed by atoms with E-state index < -0.39 is 5.41 Å². The summed E-state index contributed by atoms with van der Waals surface area (Å²) in [5, 5.41) is 4.91. The zero-order chi connectivity index (χ0) is 67.4. The Morgan fingerprint density at radius 3 is 0.961 bits per heavy atom. The van der Waals surface area contributed by atoms with Gasteiger partial charge in [-0.25, -0.2) is 0 Å². The van der Waals surface area contributed by atoms with E-state index in [0.717, 1.165) is 22.7 Å². The predicted molar refractivity (Wildman–Crippen MR) is 434 cm³/mol. The van der Waals surface area contributed by atoms with E-state index in [1.54, 1.807) is 0 Å². The van der Waals surface area contributed by atoms with E-state index in [-0.39, 0.29) is 13.4 Å². The molecule has 0 amide bonds. The normalized spacial score (nSPS) is 13.4. The molecule has 0 N–H and O–H groups in total. The molecule has 2 aliphatic heterocycles. The Labute approximate surface area is 598 Å². The third kappa shape index (κ3) is 8.26. The Kier molecular flexibility index (Phi) is 12.6. The summed E-state index contributed by atoms with van der Waals surface area (Å²) in [6.45, 7) is -0.118. The molecular weight excluding hydrogens is 1240 g/mol. The smallest absolute Gasteiger partial charge is 0.246 e. The summed E-state index contributed by atoms with van der Waals surface area (Å²) in [7, 11) is 0. The minimum absolute atomic E-state index is 0.0589. The van der Waals surface area contributed by atoms with Crippen LogP contribution in [-0.4, -0.2) is 22.6 Å². The molecule has 0 atom stereocenters. The van der Waals surface area contributed by atoms with E-state index in [1.165, 1.54) is 166 Å². The number of nitrogens with zero attached hydrogens (tertiary/aromatic N) is 4. The fraction of sp³-hybridized carbons (Fsp3) is 0.0103. The van der Waals surface area contributed by atoms with Crippen LogP contribution in [0.1, 0.15) is 22.3 Å². The maximum absolute atomic E-state index is 2.61. The molecule has 4 nitrogen and oxygen atoms in total. The SMILES string of the molecule is c1ccc(B2c3ccccc3N(c3ccccc3)c3c2ccc2c3-c3cc(-c4ccc5c(c4)c4ccccc4n5-c4ccccc4)ccc3C23c2ccc(-c4ccc5c(c4)c4ccccc4n5-c4ccccc4)cc2-c2c3ccc3c2N(c2ccccc2)c2ccccc2B3c2ccccc2)cc1. The first kappa shape index (κ1) is 57.7. The van der Waals surface area contributed by atoms with Crippen molar-refractivity contribution >= 4 is 124 Å². The molecule has 4 heterocycles. The molecule has 22 rings (SSSR count). The molecule has 103 heavy (non-hydrogen) atoms. The minimum Gasteiger partial charge on any atom is -0.311 e. The lowest BCUT2D eigenvalue weighted by Gasteiger charge is -2.40. The van der Waals surface area contributed by atoms with Crippen LogP contribution < -0.4 is 42.6 Å². The standard InChI is InChI=1S/C97H62B2N4/c1-7-27-67(28-8-1)98-83-41-21-25-45-91(83)102(71-35-15-5-16-36-71)95-85(98)55-53-81-93(95)77-61-63(65-49-57-89-75(59-65)73-39-19-23-43-87(73)100(89)69-31-11-3-12-32-69)47-51-79(77)97(81)80-52-48-64(66-50-58-90-76(60-66)74-40-20-24-44-88(74)101(90)70-33-13-4-14-34-70)62-78(80)94-82(97)54-56-86-96(94)103(72-37-17-6-18-38-72)92-46-26-22-42-84(92)99(86)68-29-9-2-10-30-68/h1-62H. The van der Waals surface area contributed by atoms with Gasteiger partial charge in [-0.05, 0) is 187 Å². The van der Waals surface area contributed by atoms with Gasteiger partial charge in [0.05, 0.1) is 27.5 Å². The number of benzene rings is 16. The number of fused-ring (bicyclic) bond motifs is 22. The number of rotatable bonds is 8. The highest BCUT2D eigenvalue weighted by Gasteiger charge is 2.56. The largest absolute Gasteiger partial charge is 0.311 e.